The number of alkyl halides is 1. The molecule has 8 nitrogen and oxygen atoms in total. The van der Waals surface area contributed by atoms with E-state index >= 15 is 0 Å². The molecule has 4 aromatic rings. The van der Waals surface area contributed by atoms with Crippen molar-refractivity contribution in [2.24, 2.45) is 0 Å². The number of nitrogens with zero attached hydrogens (tertiary/aromatic N) is 6. The predicted molar refractivity (Wildman–Crippen MR) is 126 cm³/mol. The zero-order valence-corrected chi connectivity index (χ0v) is 19.4. The van der Waals surface area contributed by atoms with Crippen molar-refractivity contribution < 1.29 is 9.18 Å². The summed E-state index contributed by atoms with van der Waals surface area (Å²) < 4.78 is 16.1. The van der Waals surface area contributed by atoms with E-state index in [1.807, 2.05) is 39.7 Å². The van der Waals surface area contributed by atoms with E-state index in [0.29, 0.717) is 37.0 Å². The SMILES string of the molecule is O=C(CN1CCC(F)CC1)Nc1nc2ccc(Sc3nnc4ccc(C5CC5)nn34)cc2s1. The summed E-state index contributed by atoms with van der Waals surface area (Å²) in [7, 11) is 0. The second kappa shape index (κ2) is 8.62. The fraction of sp³-hybridized carbons (Fsp3) is 0.409. The zero-order chi connectivity index (χ0) is 22.4. The van der Waals surface area contributed by atoms with Gasteiger partial charge in [-0.25, -0.2) is 9.37 Å². The topological polar surface area (TPSA) is 88.3 Å². The van der Waals surface area contributed by atoms with Gasteiger partial charge in [-0.05, 0) is 67.8 Å². The molecule has 1 saturated heterocycles. The number of anilines is 1. The van der Waals surface area contributed by atoms with Crippen molar-refractivity contribution in [2.45, 2.75) is 47.8 Å². The number of nitrogens with one attached hydrogen (secondary N) is 1. The van der Waals surface area contributed by atoms with Gasteiger partial charge in [0, 0.05) is 23.9 Å². The summed E-state index contributed by atoms with van der Waals surface area (Å²) in [6, 6.07) is 10.00. The first-order chi connectivity index (χ1) is 16.1. The quantitative estimate of drug-likeness (QED) is 0.441. The average Bonchev–Trinajstić information content (AvgIpc) is 3.48. The zero-order valence-electron chi connectivity index (χ0n) is 17.8. The Labute approximate surface area is 197 Å². The van der Waals surface area contributed by atoms with Crippen molar-refractivity contribution in [3.05, 3.63) is 36.0 Å². The molecule has 1 aliphatic carbocycles. The van der Waals surface area contributed by atoms with E-state index in [-0.39, 0.29) is 12.5 Å². The minimum Gasteiger partial charge on any atom is -0.301 e. The Morgan fingerprint density at radius 2 is 2.00 bits per heavy atom. The average molecular weight is 484 g/mol. The summed E-state index contributed by atoms with van der Waals surface area (Å²) in [6.45, 7) is 1.49. The van der Waals surface area contributed by atoms with Gasteiger partial charge in [0.25, 0.3) is 0 Å². The molecule has 1 saturated carbocycles. The van der Waals surface area contributed by atoms with Crippen LogP contribution >= 0.6 is 23.1 Å². The lowest BCUT2D eigenvalue weighted by atomic mass is 10.1. The van der Waals surface area contributed by atoms with Crippen LogP contribution in [0.15, 0.2) is 40.4 Å². The maximum Gasteiger partial charge on any atom is 0.240 e. The highest BCUT2D eigenvalue weighted by atomic mass is 32.2. The molecule has 4 heterocycles. The Morgan fingerprint density at radius 3 is 2.82 bits per heavy atom. The lowest BCUT2D eigenvalue weighted by Gasteiger charge is -2.27. The molecule has 0 bridgehead atoms. The summed E-state index contributed by atoms with van der Waals surface area (Å²) in [4.78, 5) is 19.9. The van der Waals surface area contributed by atoms with Gasteiger partial charge in [0.1, 0.15) is 6.17 Å². The second-order valence-electron chi connectivity index (χ2n) is 8.53. The number of amides is 1. The summed E-state index contributed by atoms with van der Waals surface area (Å²) in [5.41, 5.74) is 2.66. The van der Waals surface area contributed by atoms with Crippen molar-refractivity contribution in [3.63, 3.8) is 0 Å². The summed E-state index contributed by atoms with van der Waals surface area (Å²) in [5, 5.41) is 17.5. The standard InChI is InChI=1S/C22H22FN7OS2/c23-14-7-9-29(10-8-14)12-20(31)25-21-24-17-4-3-15(11-18(17)33-21)32-22-27-26-19-6-5-16(13-1-2-13)28-30(19)22/h3-6,11,13-14H,1-2,7-10,12H2,(H,24,25,31). The van der Waals surface area contributed by atoms with Crippen LogP contribution in [0.4, 0.5) is 9.52 Å². The third kappa shape index (κ3) is 4.57. The van der Waals surface area contributed by atoms with Crippen LogP contribution in [-0.2, 0) is 4.79 Å². The van der Waals surface area contributed by atoms with Gasteiger partial charge < -0.3 is 5.32 Å². The molecule has 3 aromatic heterocycles. The van der Waals surface area contributed by atoms with E-state index in [2.05, 4.69) is 20.5 Å². The number of carbonyl (C=O) groups excluding carboxylic acids is 1. The maximum atomic E-state index is 13.3. The first-order valence-corrected chi connectivity index (χ1v) is 12.7. The van der Waals surface area contributed by atoms with E-state index < -0.39 is 6.17 Å². The Hall–Kier alpha value is -2.63. The summed E-state index contributed by atoms with van der Waals surface area (Å²) in [5.74, 6) is 0.445. The molecule has 0 radical (unpaired) electrons. The van der Waals surface area contributed by atoms with Crippen molar-refractivity contribution in [2.75, 3.05) is 25.0 Å². The van der Waals surface area contributed by atoms with Crippen LogP contribution in [0.1, 0.15) is 37.3 Å². The molecule has 11 heteroatoms. The van der Waals surface area contributed by atoms with Gasteiger partial charge >= 0.3 is 0 Å². The molecule has 1 N–H and O–H groups in total. The van der Waals surface area contributed by atoms with Gasteiger partial charge in [0.2, 0.25) is 11.1 Å². The molecule has 2 fully saturated rings. The maximum absolute atomic E-state index is 13.3. The van der Waals surface area contributed by atoms with Gasteiger partial charge in [-0.3, -0.25) is 9.69 Å². The number of rotatable bonds is 6. The number of thiazole rings is 1. The van der Waals surface area contributed by atoms with Crippen LogP contribution in [0.25, 0.3) is 15.9 Å². The number of hydrogen-bond acceptors (Lipinski definition) is 8. The molecule has 1 aromatic carbocycles. The van der Waals surface area contributed by atoms with Crippen molar-refractivity contribution in [3.8, 4) is 0 Å². The number of hydrogen-bond donors (Lipinski definition) is 1. The van der Waals surface area contributed by atoms with Crippen LogP contribution in [0, 0.1) is 0 Å². The molecule has 1 amide bonds. The van der Waals surface area contributed by atoms with Crippen LogP contribution in [-0.4, -0.2) is 61.4 Å². The van der Waals surface area contributed by atoms with Gasteiger partial charge in [-0.15, -0.1) is 10.2 Å². The molecule has 0 atom stereocenters. The first-order valence-electron chi connectivity index (χ1n) is 11.1. The van der Waals surface area contributed by atoms with Crippen LogP contribution in [0.3, 0.4) is 0 Å². The number of benzene rings is 1. The summed E-state index contributed by atoms with van der Waals surface area (Å²) in [6.07, 6.45) is 2.63. The van der Waals surface area contributed by atoms with Crippen molar-refractivity contribution in [1.82, 2.24) is 29.7 Å². The van der Waals surface area contributed by atoms with Gasteiger partial charge in [0.15, 0.2) is 10.8 Å². The molecule has 2 aliphatic rings. The van der Waals surface area contributed by atoms with E-state index in [4.69, 9.17) is 5.10 Å². The Kier molecular flexibility index (Phi) is 5.47. The molecule has 33 heavy (non-hydrogen) atoms. The molecule has 0 spiro atoms. The molecular formula is C22H22FN7OS2. The number of aromatic nitrogens is 5. The number of carbonyl (C=O) groups is 1. The van der Waals surface area contributed by atoms with E-state index in [1.54, 1.807) is 0 Å². The largest absolute Gasteiger partial charge is 0.301 e. The second-order valence-corrected chi connectivity index (χ2v) is 10.6. The minimum atomic E-state index is -0.743. The Bertz CT molecular complexity index is 1330. The summed E-state index contributed by atoms with van der Waals surface area (Å²) >= 11 is 2.95. The molecule has 6 rings (SSSR count). The third-order valence-electron chi connectivity index (χ3n) is 5.95. The number of piperidine rings is 1. The highest BCUT2D eigenvalue weighted by molar-refractivity contribution is 7.99. The first kappa shape index (κ1) is 20.9. The highest BCUT2D eigenvalue weighted by Gasteiger charge is 2.26. The third-order valence-corrected chi connectivity index (χ3v) is 7.81. The lowest BCUT2D eigenvalue weighted by molar-refractivity contribution is -0.117. The lowest BCUT2D eigenvalue weighted by Crippen LogP contribution is -2.39. The van der Waals surface area contributed by atoms with Crippen LogP contribution < -0.4 is 5.32 Å². The van der Waals surface area contributed by atoms with E-state index in [0.717, 1.165) is 31.6 Å². The van der Waals surface area contributed by atoms with Crippen molar-refractivity contribution in [1.29, 1.82) is 0 Å². The fourth-order valence-corrected chi connectivity index (χ4v) is 5.81. The fourth-order valence-electron chi connectivity index (χ4n) is 3.99. The van der Waals surface area contributed by atoms with Gasteiger partial charge in [-0.1, -0.05) is 11.3 Å². The van der Waals surface area contributed by atoms with Gasteiger partial charge in [-0.2, -0.15) is 9.61 Å². The Morgan fingerprint density at radius 1 is 1.15 bits per heavy atom. The minimum absolute atomic E-state index is 0.117. The van der Waals surface area contributed by atoms with Gasteiger partial charge in [0.05, 0.1) is 22.5 Å². The monoisotopic (exact) mass is 483 g/mol. The van der Waals surface area contributed by atoms with E-state index in [9.17, 15) is 9.18 Å². The molecular weight excluding hydrogens is 461 g/mol. The number of fused-ring (bicyclic) bond motifs is 2. The van der Waals surface area contributed by atoms with E-state index in [1.165, 1.54) is 35.9 Å². The molecule has 170 valence electrons. The predicted octanol–water partition coefficient (Wildman–Crippen LogP) is 4.14. The van der Waals surface area contributed by atoms with Crippen LogP contribution in [0.2, 0.25) is 0 Å². The van der Waals surface area contributed by atoms with Crippen LogP contribution in [0.5, 0.6) is 0 Å². The molecule has 0 unspecified atom stereocenters. The molecule has 1 aliphatic heterocycles. The number of likely N-dealkylation sites (tertiary alicyclic amines) is 1. The normalized spacial score (nSPS) is 17.7. The smallest absolute Gasteiger partial charge is 0.240 e. The Balaban J connectivity index is 1.16. The highest BCUT2D eigenvalue weighted by Crippen LogP contribution is 2.39. The van der Waals surface area contributed by atoms with Crippen molar-refractivity contribution >= 4 is 50.0 Å². The number of halogens is 1.